The Morgan fingerprint density at radius 3 is 2.76 bits per heavy atom. The minimum absolute atomic E-state index is 0.0388. The second kappa shape index (κ2) is 5.21. The van der Waals surface area contributed by atoms with Crippen LogP contribution in [0.4, 0.5) is 0 Å². The van der Waals surface area contributed by atoms with E-state index in [9.17, 15) is 4.79 Å². The number of aliphatic carboxylic acids is 1. The van der Waals surface area contributed by atoms with Crippen molar-refractivity contribution in [3.05, 3.63) is 29.3 Å². The average molecular weight is 234 g/mol. The van der Waals surface area contributed by atoms with Gasteiger partial charge in [0.25, 0.3) is 0 Å². The molecule has 1 aromatic rings. The molecule has 0 aliphatic heterocycles. The molecule has 0 radical (unpaired) electrons. The summed E-state index contributed by atoms with van der Waals surface area (Å²) in [5.74, 6) is -0.0325. The van der Waals surface area contributed by atoms with Crippen LogP contribution in [-0.2, 0) is 17.6 Å². The van der Waals surface area contributed by atoms with Crippen LogP contribution in [0.2, 0.25) is 0 Å². The smallest absolute Gasteiger partial charge is 0.307 e. The van der Waals surface area contributed by atoms with Gasteiger partial charge in [0.2, 0.25) is 0 Å². The van der Waals surface area contributed by atoms with Gasteiger partial charge in [-0.3, -0.25) is 4.79 Å². The number of aryl methyl sites for hydroxylation is 2. The second-order valence-corrected chi connectivity index (χ2v) is 4.66. The molecular weight excluding hydrogens is 216 g/mol. The molecule has 17 heavy (non-hydrogen) atoms. The quantitative estimate of drug-likeness (QED) is 0.871. The summed E-state index contributed by atoms with van der Waals surface area (Å²) in [6.07, 6.45) is 4.52. The van der Waals surface area contributed by atoms with Crippen molar-refractivity contribution in [1.82, 2.24) is 0 Å². The van der Waals surface area contributed by atoms with E-state index in [1.807, 2.05) is 6.07 Å². The van der Waals surface area contributed by atoms with E-state index in [4.69, 9.17) is 9.84 Å². The summed E-state index contributed by atoms with van der Waals surface area (Å²) in [7, 11) is 0. The average Bonchev–Trinajstić information content (AvgIpc) is 2.27. The Hall–Kier alpha value is -1.51. The molecule has 0 heterocycles. The zero-order chi connectivity index (χ0) is 12.3. The fourth-order valence-electron chi connectivity index (χ4n) is 2.30. The van der Waals surface area contributed by atoms with Gasteiger partial charge in [-0.25, -0.2) is 0 Å². The predicted molar refractivity (Wildman–Crippen MR) is 65.4 cm³/mol. The Morgan fingerprint density at radius 1 is 1.35 bits per heavy atom. The maximum absolute atomic E-state index is 10.6. The SMILES string of the molecule is C[C@H](CC(=O)O)Oc1ccc2c(c1)CCCC2. The van der Waals surface area contributed by atoms with Crippen molar-refractivity contribution in [2.75, 3.05) is 0 Å². The lowest BCUT2D eigenvalue weighted by atomic mass is 9.92. The second-order valence-electron chi connectivity index (χ2n) is 4.66. The van der Waals surface area contributed by atoms with Gasteiger partial charge < -0.3 is 9.84 Å². The summed E-state index contributed by atoms with van der Waals surface area (Å²) >= 11 is 0. The molecule has 0 aromatic heterocycles. The Bertz CT molecular complexity index is 412. The van der Waals surface area contributed by atoms with Gasteiger partial charge in [0.1, 0.15) is 11.9 Å². The molecule has 1 aliphatic carbocycles. The fourth-order valence-corrected chi connectivity index (χ4v) is 2.30. The number of carbonyl (C=O) groups is 1. The highest BCUT2D eigenvalue weighted by atomic mass is 16.5. The topological polar surface area (TPSA) is 46.5 Å². The molecule has 1 aromatic carbocycles. The lowest BCUT2D eigenvalue weighted by molar-refractivity contribution is -0.138. The van der Waals surface area contributed by atoms with E-state index in [1.165, 1.54) is 24.0 Å². The molecule has 2 rings (SSSR count). The lowest BCUT2D eigenvalue weighted by Gasteiger charge is -2.18. The van der Waals surface area contributed by atoms with E-state index < -0.39 is 5.97 Å². The molecule has 0 unspecified atom stereocenters. The van der Waals surface area contributed by atoms with Crippen LogP contribution in [0.1, 0.15) is 37.3 Å². The van der Waals surface area contributed by atoms with Crippen molar-refractivity contribution in [2.45, 2.75) is 45.1 Å². The highest BCUT2D eigenvalue weighted by Crippen LogP contribution is 2.26. The Balaban J connectivity index is 2.04. The molecule has 92 valence electrons. The summed E-state index contributed by atoms with van der Waals surface area (Å²) in [6.45, 7) is 1.79. The van der Waals surface area contributed by atoms with Crippen LogP contribution in [0.5, 0.6) is 5.75 Å². The number of carboxylic acid groups (broad SMARTS) is 1. The summed E-state index contributed by atoms with van der Waals surface area (Å²) in [4.78, 5) is 10.6. The van der Waals surface area contributed by atoms with Gasteiger partial charge in [-0.15, -0.1) is 0 Å². The molecule has 3 nitrogen and oxygen atoms in total. The number of benzene rings is 1. The Labute approximate surface area is 101 Å². The van der Waals surface area contributed by atoms with E-state index >= 15 is 0 Å². The van der Waals surface area contributed by atoms with Crippen LogP contribution in [-0.4, -0.2) is 17.2 Å². The molecule has 0 saturated carbocycles. The van der Waals surface area contributed by atoms with E-state index in [2.05, 4.69) is 12.1 Å². The van der Waals surface area contributed by atoms with E-state index in [0.29, 0.717) is 0 Å². The van der Waals surface area contributed by atoms with Crippen molar-refractivity contribution >= 4 is 5.97 Å². The van der Waals surface area contributed by atoms with Crippen molar-refractivity contribution in [3.8, 4) is 5.75 Å². The Morgan fingerprint density at radius 2 is 2.06 bits per heavy atom. The zero-order valence-electron chi connectivity index (χ0n) is 10.1. The monoisotopic (exact) mass is 234 g/mol. The van der Waals surface area contributed by atoms with E-state index in [-0.39, 0.29) is 12.5 Å². The van der Waals surface area contributed by atoms with Gasteiger partial charge in [0.15, 0.2) is 0 Å². The first-order valence-corrected chi connectivity index (χ1v) is 6.15. The molecular formula is C14H18O3. The van der Waals surface area contributed by atoms with Crippen LogP contribution >= 0.6 is 0 Å². The van der Waals surface area contributed by atoms with Crippen LogP contribution < -0.4 is 4.74 Å². The summed E-state index contributed by atoms with van der Waals surface area (Å²) in [5.41, 5.74) is 2.77. The summed E-state index contributed by atoms with van der Waals surface area (Å²) < 4.78 is 5.61. The third kappa shape index (κ3) is 3.22. The van der Waals surface area contributed by atoms with Crippen molar-refractivity contribution in [2.24, 2.45) is 0 Å². The third-order valence-corrected chi connectivity index (χ3v) is 3.12. The maximum Gasteiger partial charge on any atom is 0.307 e. The van der Waals surface area contributed by atoms with Gasteiger partial charge in [-0.1, -0.05) is 6.07 Å². The molecule has 0 saturated heterocycles. The highest BCUT2D eigenvalue weighted by molar-refractivity contribution is 5.67. The standard InChI is InChI=1S/C14H18O3/c1-10(8-14(15)16)17-13-7-6-11-4-2-3-5-12(11)9-13/h6-7,9-10H,2-5,8H2,1H3,(H,15,16)/t10-/m1/s1. The number of fused-ring (bicyclic) bond motifs is 1. The molecule has 0 amide bonds. The van der Waals surface area contributed by atoms with Crippen LogP contribution in [0, 0.1) is 0 Å². The van der Waals surface area contributed by atoms with Crippen LogP contribution in [0.15, 0.2) is 18.2 Å². The molecule has 0 spiro atoms. The van der Waals surface area contributed by atoms with Gasteiger partial charge in [0, 0.05) is 0 Å². The molecule has 3 heteroatoms. The summed E-state index contributed by atoms with van der Waals surface area (Å²) in [6, 6.07) is 6.12. The first-order valence-electron chi connectivity index (χ1n) is 6.15. The van der Waals surface area contributed by atoms with E-state index in [1.54, 1.807) is 6.92 Å². The van der Waals surface area contributed by atoms with Gasteiger partial charge >= 0.3 is 5.97 Å². The van der Waals surface area contributed by atoms with E-state index in [0.717, 1.165) is 18.6 Å². The normalized spacial score (nSPS) is 16.1. The minimum atomic E-state index is -0.824. The first kappa shape index (κ1) is 12.0. The van der Waals surface area contributed by atoms with Crippen LogP contribution in [0.3, 0.4) is 0 Å². The third-order valence-electron chi connectivity index (χ3n) is 3.12. The fraction of sp³-hybridized carbons (Fsp3) is 0.500. The van der Waals surface area contributed by atoms with Crippen molar-refractivity contribution in [3.63, 3.8) is 0 Å². The van der Waals surface area contributed by atoms with Crippen LogP contribution in [0.25, 0.3) is 0 Å². The number of hydrogen-bond acceptors (Lipinski definition) is 2. The number of hydrogen-bond donors (Lipinski definition) is 1. The van der Waals surface area contributed by atoms with Gasteiger partial charge in [-0.05, 0) is 55.9 Å². The molecule has 1 aliphatic rings. The number of rotatable bonds is 4. The first-order chi connectivity index (χ1) is 8.15. The number of carboxylic acids is 1. The predicted octanol–water partition coefficient (Wildman–Crippen LogP) is 2.81. The zero-order valence-corrected chi connectivity index (χ0v) is 10.1. The largest absolute Gasteiger partial charge is 0.490 e. The summed E-state index contributed by atoms with van der Waals surface area (Å²) in [5, 5.41) is 8.67. The molecule has 1 N–H and O–H groups in total. The Kier molecular flexibility index (Phi) is 3.67. The molecule has 0 fully saturated rings. The molecule has 0 bridgehead atoms. The van der Waals surface area contributed by atoms with Crippen molar-refractivity contribution < 1.29 is 14.6 Å². The van der Waals surface area contributed by atoms with Gasteiger partial charge in [0.05, 0.1) is 6.42 Å². The van der Waals surface area contributed by atoms with Crippen molar-refractivity contribution in [1.29, 1.82) is 0 Å². The lowest BCUT2D eigenvalue weighted by Crippen LogP contribution is -2.17. The highest BCUT2D eigenvalue weighted by Gasteiger charge is 2.12. The maximum atomic E-state index is 10.6. The minimum Gasteiger partial charge on any atom is -0.490 e. The number of ether oxygens (including phenoxy) is 1. The van der Waals surface area contributed by atoms with Gasteiger partial charge in [-0.2, -0.15) is 0 Å². The molecule has 1 atom stereocenters.